The zero-order chi connectivity index (χ0) is 14.5. The molecule has 0 aliphatic carbocycles. The van der Waals surface area contributed by atoms with Gasteiger partial charge in [-0.05, 0) is 55.8 Å². The van der Waals surface area contributed by atoms with Crippen molar-refractivity contribution in [3.8, 4) is 0 Å². The van der Waals surface area contributed by atoms with Gasteiger partial charge in [-0.3, -0.25) is 4.90 Å². The number of nitrogens with zero attached hydrogens (tertiary/aromatic N) is 1. The van der Waals surface area contributed by atoms with E-state index in [1.807, 2.05) is 0 Å². The summed E-state index contributed by atoms with van der Waals surface area (Å²) in [5.41, 5.74) is 0.749. The van der Waals surface area contributed by atoms with E-state index >= 15 is 0 Å². The van der Waals surface area contributed by atoms with Gasteiger partial charge in [-0.15, -0.1) is 0 Å². The Hall–Kier alpha value is -0.960. The molecule has 1 aromatic carbocycles. The molecular weight excluding hydrogens is 256 g/mol. The summed E-state index contributed by atoms with van der Waals surface area (Å²) in [5.74, 6) is -0.239. The summed E-state index contributed by atoms with van der Waals surface area (Å²) in [4.78, 5) is 2.40. The summed E-state index contributed by atoms with van der Waals surface area (Å²) in [6, 6.07) is 4.42. The lowest BCUT2D eigenvalue weighted by Crippen LogP contribution is -2.39. The molecule has 0 bridgehead atoms. The third-order valence-corrected chi connectivity index (χ3v) is 4.13. The summed E-state index contributed by atoms with van der Waals surface area (Å²) in [6.07, 6.45) is 6.09. The Kier molecular flexibility index (Phi) is 5.53. The van der Waals surface area contributed by atoms with E-state index in [-0.39, 0.29) is 0 Å². The second kappa shape index (κ2) is 7.16. The van der Waals surface area contributed by atoms with Crippen LogP contribution in [-0.2, 0) is 6.54 Å². The van der Waals surface area contributed by atoms with Gasteiger partial charge in [0.05, 0.1) is 0 Å². The maximum atomic E-state index is 13.3. The maximum Gasteiger partial charge on any atom is 0.126 e. The third kappa shape index (κ3) is 4.55. The van der Waals surface area contributed by atoms with Crippen LogP contribution in [0, 0.1) is 17.6 Å². The number of piperidine rings is 1. The van der Waals surface area contributed by atoms with E-state index in [1.165, 1.54) is 44.2 Å². The first-order valence-corrected chi connectivity index (χ1v) is 7.73. The Morgan fingerprint density at radius 3 is 2.50 bits per heavy atom. The van der Waals surface area contributed by atoms with Crippen LogP contribution >= 0.6 is 0 Å². The second-order valence-electron chi connectivity index (χ2n) is 6.37. The van der Waals surface area contributed by atoms with Gasteiger partial charge in [-0.1, -0.05) is 20.3 Å². The van der Waals surface area contributed by atoms with Gasteiger partial charge >= 0.3 is 0 Å². The lowest BCUT2D eigenvalue weighted by molar-refractivity contribution is 0.127. The van der Waals surface area contributed by atoms with Gasteiger partial charge < -0.3 is 0 Å². The van der Waals surface area contributed by atoms with Crippen LogP contribution in [0.4, 0.5) is 8.78 Å². The minimum Gasteiger partial charge on any atom is -0.296 e. The van der Waals surface area contributed by atoms with E-state index in [9.17, 15) is 8.78 Å². The molecule has 1 saturated heterocycles. The molecule has 1 heterocycles. The number of rotatable bonds is 5. The Labute approximate surface area is 121 Å². The quantitative estimate of drug-likeness (QED) is 0.752. The minimum absolute atomic E-state index is 0.476. The first-order valence-electron chi connectivity index (χ1n) is 7.73. The zero-order valence-corrected chi connectivity index (χ0v) is 12.5. The van der Waals surface area contributed by atoms with Crippen molar-refractivity contribution < 1.29 is 8.78 Å². The second-order valence-corrected chi connectivity index (χ2v) is 6.37. The Morgan fingerprint density at radius 1 is 1.15 bits per heavy atom. The standard InChI is InChI=1S/C17H25F2N/c1-13(2)6-7-17-5-3-4-8-20(17)12-14-9-15(18)11-16(19)10-14/h9-11,13,17H,3-8,12H2,1-2H3. The molecule has 0 aromatic heterocycles. The van der Waals surface area contributed by atoms with Crippen LogP contribution in [0.5, 0.6) is 0 Å². The largest absolute Gasteiger partial charge is 0.296 e. The van der Waals surface area contributed by atoms with E-state index in [2.05, 4.69) is 18.7 Å². The van der Waals surface area contributed by atoms with Gasteiger partial charge in [-0.25, -0.2) is 8.78 Å². The molecule has 2 rings (SSSR count). The van der Waals surface area contributed by atoms with Crippen molar-refractivity contribution in [2.75, 3.05) is 6.54 Å². The lowest BCUT2D eigenvalue weighted by Gasteiger charge is -2.36. The van der Waals surface area contributed by atoms with Gasteiger partial charge in [0.1, 0.15) is 11.6 Å². The summed E-state index contributed by atoms with van der Waals surface area (Å²) >= 11 is 0. The number of likely N-dealkylation sites (tertiary alicyclic amines) is 1. The molecule has 1 atom stereocenters. The molecule has 1 aromatic rings. The fourth-order valence-electron chi connectivity index (χ4n) is 3.06. The predicted molar refractivity (Wildman–Crippen MR) is 78.5 cm³/mol. The van der Waals surface area contributed by atoms with Crippen molar-refractivity contribution in [1.82, 2.24) is 4.90 Å². The van der Waals surface area contributed by atoms with E-state index in [0.717, 1.165) is 18.2 Å². The topological polar surface area (TPSA) is 3.24 Å². The fraction of sp³-hybridized carbons (Fsp3) is 0.647. The van der Waals surface area contributed by atoms with Crippen LogP contribution in [-0.4, -0.2) is 17.5 Å². The lowest BCUT2D eigenvalue weighted by atomic mass is 9.94. The number of hydrogen-bond donors (Lipinski definition) is 0. The van der Waals surface area contributed by atoms with Crippen LogP contribution in [0.25, 0.3) is 0 Å². The first-order chi connectivity index (χ1) is 9.54. The normalized spacial score (nSPS) is 20.6. The number of hydrogen-bond acceptors (Lipinski definition) is 1. The first kappa shape index (κ1) is 15.4. The molecule has 112 valence electrons. The van der Waals surface area contributed by atoms with Crippen molar-refractivity contribution >= 4 is 0 Å². The molecule has 0 saturated carbocycles. The van der Waals surface area contributed by atoms with Gasteiger partial charge in [0.25, 0.3) is 0 Å². The third-order valence-electron chi connectivity index (χ3n) is 4.13. The Balaban J connectivity index is 2.00. The van der Waals surface area contributed by atoms with E-state index in [4.69, 9.17) is 0 Å². The smallest absolute Gasteiger partial charge is 0.126 e. The fourth-order valence-corrected chi connectivity index (χ4v) is 3.06. The van der Waals surface area contributed by atoms with Crippen LogP contribution in [0.2, 0.25) is 0 Å². The van der Waals surface area contributed by atoms with Crippen molar-refractivity contribution in [2.24, 2.45) is 5.92 Å². The van der Waals surface area contributed by atoms with E-state index in [0.29, 0.717) is 18.5 Å². The van der Waals surface area contributed by atoms with Crippen LogP contribution in [0.1, 0.15) is 51.5 Å². The molecule has 1 aliphatic heterocycles. The van der Waals surface area contributed by atoms with E-state index < -0.39 is 11.6 Å². The highest BCUT2D eigenvalue weighted by molar-refractivity contribution is 5.18. The Morgan fingerprint density at radius 2 is 1.85 bits per heavy atom. The molecular formula is C17H25F2N. The molecule has 20 heavy (non-hydrogen) atoms. The van der Waals surface area contributed by atoms with E-state index in [1.54, 1.807) is 0 Å². The highest BCUT2D eigenvalue weighted by Gasteiger charge is 2.22. The molecule has 0 N–H and O–H groups in total. The SMILES string of the molecule is CC(C)CCC1CCCCN1Cc1cc(F)cc(F)c1. The summed E-state index contributed by atoms with van der Waals surface area (Å²) in [5, 5.41) is 0. The monoisotopic (exact) mass is 281 g/mol. The van der Waals surface area contributed by atoms with Gasteiger partial charge in [0, 0.05) is 18.7 Å². The molecule has 1 unspecified atom stereocenters. The van der Waals surface area contributed by atoms with Crippen LogP contribution < -0.4 is 0 Å². The van der Waals surface area contributed by atoms with Crippen LogP contribution in [0.15, 0.2) is 18.2 Å². The summed E-state index contributed by atoms with van der Waals surface area (Å²) in [6.45, 7) is 6.20. The minimum atomic E-state index is -0.476. The molecule has 1 aliphatic rings. The molecule has 0 radical (unpaired) electrons. The average molecular weight is 281 g/mol. The van der Waals surface area contributed by atoms with Crippen LogP contribution in [0.3, 0.4) is 0 Å². The van der Waals surface area contributed by atoms with Crippen molar-refractivity contribution in [1.29, 1.82) is 0 Å². The maximum absolute atomic E-state index is 13.3. The summed E-state index contributed by atoms with van der Waals surface area (Å²) < 4.78 is 26.5. The van der Waals surface area contributed by atoms with Gasteiger partial charge in [-0.2, -0.15) is 0 Å². The number of benzene rings is 1. The molecule has 3 heteroatoms. The molecule has 0 amide bonds. The highest BCUT2D eigenvalue weighted by Crippen LogP contribution is 2.24. The van der Waals surface area contributed by atoms with Gasteiger partial charge in [0.15, 0.2) is 0 Å². The molecule has 0 spiro atoms. The van der Waals surface area contributed by atoms with Crippen molar-refractivity contribution in [3.63, 3.8) is 0 Å². The molecule has 1 fully saturated rings. The predicted octanol–water partition coefficient (Wildman–Crippen LogP) is 4.76. The zero-order valence-electron chi connectivity index (χ0n) is 12.5. The highest BCUT2D eigenvalue weighted by atomic mass is 19.1. The average Bonchev–Trinajstić information content (AvgIpc) is 2.36. The summed E-state index contributed by atoms with van der Waals surface area (Å²) in [7, 11) is 0. The number of halogens is 2. The molecule has 1 nitrogen and oxygen atoms in total. The van der Waals surface area contributed by atoms with Gasteiger partial charge in [0.2, 0.25) is 0 Å². The Bertz CT molecular complexity index is 411. The van der Waals surface area contributed by atoms with Crippen molar-refractivity contribution in [3.05, 3.63) is 35.4 Å². The van der Waals surface area contributed by atoms with Crippen molar-refractivity contribution in [2.45, 2.75) is 58.5 Å².